The Labute approximate surface area is 103 Å². The minimum absolute atomic E-state index is 0. The van der Waals surface area contributed by atoms with Gasteiger partial charge < -0.3 is 10.3 Å². The Bertz CT molecular complexity index is 308. The van der Waals surface area contributed by atoms with Gasteiger partial charge in [-0.25, -0.2) is 0 Å². The summed E-state index contributed by atoms with van der Waals surface area (Å²) in [6, 6.07) is 2.01. The van der Waals surface area contributed by atoms with Gasteiger partial charge in [0.05, 0.1) is 5.69 Å². The van der Waals surface area contributed by atoms with E-state index in [-0.39, 0.29) is 12.4 Å². The van der Waals surface area contributed by atoms with Crippen LogP contribution in [0.1, 0.15) is 24.3 Å². The second kappa shape index (κ2) is 6.23. The first-order chi connectivity index (χ1) is 7.28. The first-order valence-corrected chi connectivity index (χ1v) is 5.62. The second-order valence-electron chi connectivity index (χ2n) is 4.38. The molecular formula is C11H20ClN3O. The molecular weight excluding hydrogens is 226 g/mol. The maximum atomic E-state index is 5.66. The number of nitrogens with zero attached hydrogens (tertiary/aromatic N) is 2. The Morgan fingerprint density at radius 2 is 2.19 bits per heavy atom. The lowest BCUT2D eigenvalue weighted by Gasteiger charge is -2.30. The summed E-state index contributed by atoms with van der Waals surface area (Å²) in [5, 5.41) is 4.01. The van der Waals surface area contributed by atoms with Gasteiger partial charge in [-0.15, -0.1) is 12.4 Å². The summed E-state index contributed by atoms with van der Waals surface area (Å²) in [6.45, 7) is 5.93. The molecule has 1 aromatic rings. The molecule has 0 unspecified atom stereocenters. The van der Waals surface area contributed by atoms with Crippen LogP contribution in [0.25, 0.3) is 0 Å². The third-order valence-corrected chi connectivity index (χ3v) is 3.10. The van der Waals surface area contributed by atoms with Gasteiger partial charge >= 0.3 is 0 Å². The summed E-state index contributed by atoms with van der Waals surface area (Å²) in [5.74, 6) is 1.61. The molecule has 2 rings (SSSR count). The third kappa shape index (κ3) is 3.47. The van der Waals surface area contributed by atoms with Crippen LogP contribution in [0.15, 0.2) is 10.6 Å². The summed E-state index contributed by atoms with van der Waals surface area (Å²) in [4.78, 5) is 2.42. The number of halogens is 1. The molecule has 1 aliphatic heterocycles. The Balaban J connectivity index is 0.00000128. The third-order valence-electron chi connectivity index (χ3n) is 3.10. The van der Waals surface area contributed by atoms with E-state index in [9.17, 15) is 0 Å². The van der Waals surface area contributed by atoms with Gasteiger partial charge in [0.1, 0.15) is 5.76 Å². The van der Waals surface area contributed by atoms with E-state index in [4.69, 9.17) is 10.3 Å². The number of hydrogen-bond acceptors (Lipinski definition) is 4. The van der Waals surface area contributed by atoms with Crippen molar-refractivity contribution >= 4 is 12.4 Å². The van der Waals surface area contributed by atoms with Crippen LogP contribution in [0.4, 0.5) is 0 Å². The quantitative estimate of drug-likeness (QED) is 0.879. The van der Waals surface area contributed by atoms with Crippen LogP contribution < -0.4 is 5.73 Å². The van der Waals surface area contributed by atoms with Crippen molar-refractivity contribution in [2.24, 2.45) is 11.7 Å². The van der Waals surface area contributed by atoms with E-state index in [2.05, 4.69) is 10.1 Å². The highest BCUT2D eigenvalue weighted by Gasteiger charge is 2.18. The molecule has 0 radical (unpaired) electrons. The molecule has 1 fully saturated rings. The zero-order chi connectivity index (χ0) is 10.7. The highest BCUT2D eigenvalue weighted by atomic mass is 35.5. The Morgan fingerprint density at radius 1 is 1.50 bits per heavy atom. The Kier molecular flexibility index (Phi) is 5.25. The van der Waals surface area contributed by atoms with Gasteiger partial charge in [-0.3, -0.25) is 4.90 Å². The molecule has 2 N–H and O–H groups in total. The fraction of sp³-hybridized carbons (Fsp3) is 0.727. The maximum Gasteiger partial charge on any atom is 0.133 e. The lowest BCUT2D eigenvalue weighted by Crippen LogP contribution is -2.35. The zero-order valence-corrected chi connectivity index (χ0v) is 10.5. The monoisotopic (exact) mass is 245 g/mol. The number of hydrogen-bond donors (Lipinski definition) is 1. The van der Waals surface area contributed by atoms with Crippen molar-refractivity contribution in [1.82, 2.24) is 10.1 Å². The fourth-order valence-electron chi connectivity index (χ4n) is 2.10. The number of piperidine rings is 1. The normalized spacial score (nSPS) is 18.4. The molecule has 0 bridgehead atoms. The number of aryl methyl sites for hydroxylation is 1. The van der Waals surface area contributed by atoms with E-state index in [0.29, 0.717) is 0 Å². The van der Waals surface area contributed by atoms with Crippen LogP contribution >= 0.6 is 12.4 Å². The molecule has 16 heavy (non-hydrogen) atoms. The molecule has 0 aromatic carbocycles. The summed E-state index contributed by atoms with van der Waals surface area (Å²) in [7, 11) is 0. The molecule has 2 heterocycles. The van der Waals surface area contributed by atoms with Gasteiger partial charge in [0.15, 0.2) is 0 Å². The van der Waals surface area contributed by atoms with Crippen molar-refractivity contribution in [3.8, 4) is 0 Å². The van der Waals surface area contributed by atoms with E-state index < -0.39 is 0 Å². The van der Waals surface area contributed by atoms with Crippen LogP contribution in [0, 0.1) is 12.8 Å². The zero-order valence-electron chi connectivity index (χ0n) is 9.69. The highest BCUT2D eigenvalue weighted by Crippen LogP contribution is 2.17. The molecule has 1 aliphatic rings. The van der Waals surface area contributed by atoms with Gasteiger partial charge in [0.2, 0.25) is 0 Å². The predicted molar refractivity (Wildman–Crippen MR) is 65.5 cm³/mol. The Morgan fingerprint density at radius 3 is 2.69 bits per heavy atom. The minimum Gasteiger partial charge on any atom is -0.361 e. The van der Waals surface area contributed by atoms with E-state index >= 15 is 0 Å². The van der Waals surface area contributed by atoms with Gasteiger partial charge in [-0.2, -0.15) is 0 Å². The first-order valence-electron chi connectivity index (χ1n) is 5.62. The Hall–Kier alpha value is -0.580. The van der Waals surface area contributed by atoms with Crippen molar-refractivity contribution in [3.05, 3.63) is 17.5 Å². The van der Waals surface area contributed by atoms with E-state index in [1.807, 2.05) is 13.0 Å². The second-order valence-corrected chi connectivity index (χ2v) is 4.38. The first kappa shape index (κ1) is 13.5. The summed E-state index contributed by atoms with van der Waals surface area (Å²) >= 11 is 0. The van der Waals surface area contributed by atoms with Crippen LogP contribution in [0.3, 0.4) is 0 Å². The molecule has 92 valence electrons. The van der Waals surface area contributed by atoms with Crippen molar-refractivity contribution in [2.45, 2.75) is 26.3 Å². The predicted octanol–water partition coefficient (Wildman–Crippen LogP) is 1.58. The van der Waals surface area contributed by atoms with Gasteiger partial charge in [-0.05, 0) is 45.3 Å². The van der Waals surface area contributed by atoms with Gasteiger partial charge in [0, 0.05) is 12.6 Å². The van der Waals surface area contributed by atoms with Crippen LogP contribution in [0.2, 0.25) is 0 Å². The largest absolute Gasteiger partial charge is 0.361 e. The van der Waals surface area contributed by atoms with E-state index in [1.165, 1.54) is 12.8 Å². The average Bonchev–Trinajstić information content (AvgIpc) is 2.65. The number of rotatable bonds is 3. The number of nitrogens with two attached hydrogens (primary N) is 1. The molecule has 0 amide bonds. The molecule has 0 aliphatic carbocycles. The van der Waals surface area contributed by atoms with E-state index in [1.54, 1.807) is 0 Å². The average molecular weight is 246 g/mol. The van der Waals surface area contributed by atoms with Crippen molar-refractivity contribution in [3.63, 3.8) is 0 Å². The van der Waals surface area contributed by atoms with Crippen LogP contribution in [-0.2, 0) is 6.54 Å². The van der Waals surface area contributed by atoms with Gasteiger partial charge in [-0.1, -0.05) is 5.16 Å². The van der Waals surface area contributed by atoms with Crippen molar-refractivity contribution < 1.29 is 4.52 Å². The highest BCUT2D eigenvalue weighted by molar-refractivity contribution is 5.85. The molecule has 1 aromatic heterocycles. The summed E-state index contributed by atoms with van der Waals surface area (Å²) < 4.78 is 5.05. The maximum absolute atomic E-state index is 5.66. The van der Waals surface area contributed by atoms with Crippen molar-refractivity contribution in [2.75, 3.05) is 19.6 Å². The standard InChI is InChI=1S/C11H19N3O.ClH/c1-9-6-11(13-15-9)8-14-4-2-10(7-12)3-5-14;/h6,10H,2-5,7-8,12H2,1H3;1H. The number of likely N-dealkylation sites (tertiary alicyclic amines) is 1. The smallest absolute Gasteiger partial charge is 0.133 e. The molecule has 0 spiro atoms. The van der Waals surface area contributed by atoms with E-state index in [0.717, 1.165) is 43.6 Å². The molecule has 5 heteroatoms. The summed E-state index contributed by atoms with van der Waals surface area (Å²) in [6.07, 6.45) is 2.43. The fourth-order valence-corrected chi connectivity index (χ4v) is 2.10. The molecule has 1 saturated heterocycles. The van der Waals surface area contributed by atoms with Crippen LogP contribution in [-0.4, -0.2) is 29.7 Å². The minimum atomic E-state index is 0. The molecule has 0 atom stereocenters. The number of aromatic nitrogens is 1. The molecule has 4 nitrogen and oxygen atoms in total. The topological polar surface area (TPSA) is 55.3 Å². The molecule has 0 saturated carbocycles. The van der Waals surface area contributed by atoms with Crippen molar-refractivity contribution in [1.29, 1.82) is 0 Å². The summed E-state index contributed by atoms with van der Waals surface area (Å²) in [5.41, 5.74) is 6.70. The SMILES string of the molecule is Cc1cc(CN2CCC(CN)CC2)no1.Cl. The van der Waals surface area contributed by atoms with Crippen LogP contribution in [0.5, 0.6) is 0 Å². The lowest BCUT2D eigenvalue weighted by molar-refractivity contribution is 0.176. The van der Waals surface area contributed by atoms with Gasteiger partial charge in [0.25, 0.3) is 0 Å². The lowest BCUT2D eigenvalue weighted by atomic mass is 9.97.